The summed E-state index contributed by atoms with van der Waals surface area (Å²) in [7, 11) is 0. The molecule has 0 aliphatic heterocycles. The normalized spacial score (nSPS) is 10.0. The number of carbonyl (C=O) groups excluding carboxylic acids is 1. The van der Waals surface area contributed by atoms with Gasteiger partial charge in [-0.1, -0.05) is 0 Å². The van der Waals surface area contributed by atoms with E-state index in [-0.39, 0.29) is 5.56 Å². The minimum atomic E-state index is -0.796. The van der Waals surface area contributed by atoms with Crippen molar-refractivity contribution in [3.05, 3.63) is 31.6 Å². The molecular weight excluding hydrogens is 361 g/mol. The van der Waals surface area contributed by atoms with Crippen molar-refractivity contribution in [2.24, 2.45) is 0 Å². The van der Waals surface area contributed by atoms with Crippen LogP contribution < -0.4 is 0 Å². The highest BCUT2D eigenvalue weighted by Crippen LogP contribution is 2.24. The molecule has 0 heterocycles. The molecule has 0 N–H and O–H groups in total. The van der Waals surface area contributed by atoms with Crippen molar-refractivity contribution in [1.82, 2.24) is 0 Å². The molecule has 0 unspecified atom stereocenters. The van der Waals surface area contributed by atoms with Gasteiger partial charge in [0, 0.05) is 8.04 Å². The van der Waals surface area contributed by atoms with Crippen molar-refractivity contribution >= 4 is 55.4 Å². The highest BCUT2D eigenvalue weighted by molar-refractivity contribution is 14.1. The Hall–Kier alpha value is 0.320. The number of hydrogen-bond acceptors (Lipinski definition) is 1. The Morgan fingerprint density at radius 1 is 1.58 bits per heavy atom. The van der Waals surface area contributed by atoms with E-state index in [0.717, 1.165) is 0 Å². The average molecular weight is 363 g/mol. The summed E-state index contributed by atoms with van der Waals surface area (Å²) >= 11 is 10.1. The van der Waals surface area contributed by atoms with E-state index in [1.165, 1.54) is 6.07 Å². The zero-order valence-corrected chi connectivity index (χ0v) is 10.1. The number of benzene rings is 1. The van der Waals surface area contributed by atoms with Crippen molar-refractivity contribution in [2.45, 2.75) is 0 Å². The minimum Gasteiger partial charge on any atom is -0.275 e. The van der Waals surface area contributed by atoms with Gasteiger partial charge in [0.15, 0.2) is 0 Å². The highest BCUT2D eigenvalue weighted by Gasteiger charge is 2.13. The third-order valence-corrected chi connectivity index (χ3v) is 2.64. The lowest BCUT2D eigenvalue weighted by atomic mass is 10.2. The summed E-state index contributed by atoms with van der Waals surface area (Å²) in [6.07, 6.45) is 0. The van der Waals surface area contributed by atoms with Crippen molar-refractivity contribution in [3.63, 3.8) is 0 Å². The molecule has 5 heteroatoms. The maximum Gasteiger partial charge on any atom is 0.256 e. The monoisotopic (exact) mass is 362 g/mol. The van der Waals surface area contributed by atoms with Gasteiger partial charge in [-0.3, -0.25) is 4.79 Å². The number of carbonyl (C=O) groups is 1. The summed E-state index contributed by atoms with van der Waals surface area (Å²) in [6.45, 7) is 0. The van der Waals surface area contributed by atoms with Crippen LogP contribution in [0.3, 0.4) is 0 Å². The molecule has 1 aromatic rings. The van der Waals surface area contributed by atoms with Crippen LogP contribution in [0.4, 0.5) is 4.39 Å². The van der Waals surface area contributed by atoms with Gasteiger partial charge in [-0.15, -0.1) is 0 Å². The van der Waals surface area contributed by atoms with Gasteiger partial charge in [-0.25, -0.2) is 4.39 Å². The van der Waals surface area contributed by atoms with Crippen molar-refractivity contribution < 1.29 is 9.18 Å². The summed E-state index contributed by atoms with van der Waals surface area (Å²) in [5.74, 6) is -0.603. The lowest BCUT2D eigenvalue weighted by Gasteiger charge is -2.00. The molecule has 64 valence electrons. The van der Waals surface area contributed by atoms with E-state index >= 15 is 0 Å². The molecule has 0 aliphatic carbocycles. The molecule has 0 aromatic heterocycles. The first-order chi connectivity index (χ1) is 5.52. The summed E-state index contributed by atoms with van der Waals surface area (Å²) in [4.78, 5) is 10.7. The second kappa shape index (κ2) is 4.02. The summed E-state index contributed by atoms with van der Waals surface area (Å²) < 4.78 is 14.1. The first kappa shape index (κ1) is 10.4. The molecule has 0 amide bonds. The van der Waals surface area contributed by atoms with Crippen LogP contribution >= 0.6 is 50.1 Å². The number of halogens is 4. The first-order valence-electron chi connectivity index (χ1n) is 2.86. The molecule has 1 nitrogen and oxygen atoms in total. The molecule has 0 saturated carbocycles. The van der Waals surface area contributed by atoms with Gasteiger partial charge in [-0.05, 0) is 62.3 Å². The Morgan fingerprint density at radius 2 is 2.17 bits per heavy atom. The fourth-order valence-corrected chi connectivity index (χ4v) is 2.67. The topological polar surface area (TPSA) is 17.1 Å². The van der Waals surface area contributed by atoms with E-state index in [1.807, 2.05) is 22.6 Å². The Morgan fingerprint density at radius 3 is 2.58 bits per heavy atom. The molecule has 1 aromatic carbocycles. The van der Waals surface area contributed by atoms with Crippen LogP contribution in [-0.2, 0) is 0 Å². The van der Waals surface area contributed by atoms with Crippen LogP contribution in [0.25, 0.3) is 0 Å². The Bertz CT molecular complexity index is 319. The fraction of sp³-hybridized carbons (Fsp3) is 0. The average Bonchev–Trinajstić information content (AvgIpc) is 1.82. The standard InChI is InChI=1S/C7H2BrClFIO/c8-4-1-3(11)2-5(10)6(4)7(9)12/h1-2H. The maximum absolute atomic E-state index is 13.0. The number of rotatable bonds is 1. The number of hydrogen-bond donors (Lipinski definition) is 0. The molecule has 0 bridgehead atoms. The Balaban J connectivity index is 3.38. The summed E-state index contributed by atoms with van der Waals surface area (Å²) in [5.41, 5.74) is -0.114. The van der Waals surface area contributed by atoms with Gasteiger partial charge in [0.2, 0.25) is 0 Å². The third kappa shape index (κ3) is 2.17. The maximum atomic E-state index is 13.0. The second-order valence-corrected chi connectivity index (χ2v) is 4.46. The van der Waals surface area contributed by atoms with E-state index < -0.39 is 11.1 Å². The predicted molar refractivity (Wildman–Crippen MR) is 57.0 cm³/mol. The Kier molecular flexibility index (Phi) is 3.48. The van der Waals surface area contributed by atoms with E-state index in [4.69, 9.17) is 11.6 Å². The molecule has 1 rings (SSSR count). The van der Waals surface area contributed by atoms with Gasteiger partial charge >= 0.3 is 0 Å². The van der Waals surface area contributed by atoms with Crippen LogP contribution in [-0.4, -0.2) is 5.24 Å². The van der Waals surface area contributed by atoms with Crippen LogP contribution in [0, 0.1) is 9.39 Å². The van der Waals surface area contributed by atoms with Crippen LogP contribution in [0.5, 0.6) is 0 Å². The molecular formula is C7H2BrClFIO. The largest absolute Gasteiger partial charge is 0.275 e. The van der Waals surface area contributed by atoms with Gasteiger partial charge in [-0.2, -0.15) is 0 Å². The van der Waals surface area contributed by atoms with Crippen molar-refractivity contribution in [3.8, 4) is 0 Å². The van der Waals surface area contributed by atoms with Gasteiger partial charge in [0.1, 0.15) is 5.82 Å². The van der Waals surface area contributed by atoms with Gasteiger partial charge in [0.25, 0.3) is 5.24 Å². The predicted octanol–water partition coefficient (Wildman–Crippen LogP) is 3.57. The van der Waals surface area contributed by atoms with Crippen molar-refractivity contribution in [2.75, 3.05) is 0 Å². The van der Waals surface area contributed by atoms with Crippen LogP contribution in [0.1, 0.15) is 10.4 Å². The molecule has 0 spiro atoms. The van der Waals surface area contributed by atoms with Gasteiger partial charge < -0.3 is 0 Å². The zero-order chi connectivity index (χ0) is 9.30. The van der Waals surface area contributed by atoms with Crippen LogP contribution in [0.2, 0.25) is 0 Å². The summed E-state index contributed by atoms with van der Waals surface area (Å²) in [5, 5.41) is -0.796. The quantitative estimate of drug-likeness (QED) is 0.551. The van der Waals surface area contributed by atoms with Crippen molar-refractivity contribution in [1.29, 1.82) is 0 Å². The minimum absolute atomic E-state index is 0.114. The van der Waals surface area contributed by atoms with Gasteiger partial charge in [0.05, 0.1) is 5.56 Å². The lowest BCUT2D eigenvalue weighted by molar-refractivity contribution is 0.107. The van der Waals surface area contributed by atoms with E-state index in [2.05, 4.69) is 15.9 Å². The Labute approximate surface area is 95.6 Å². The zero-order valence-electron chi connectivity index (χ0n) is 5.57. The molecule has 0 aliphatic rings. The molecule has 0 atom stereocenters. The van der Waals surface area contributed by atoms with E-state index in [1.54, 1.807) is 6.07 Å². The SMILES string of the molecule is O=C(Cl)c1c(F)cc(I)cc1Br. The first-order valence-corrected chi connectivity index (χ1v) is 5.11. The third-order valence-electron chi connectivity index (χ3n) is 1.20. The molecule has 12 heavy (non-hydrogen) atoms. The van der Waals surface area contributed by atoms with E-state index in [9.17, 15) is 9.18 Å². The summed E-state index contributed by atoms with van der Waals surface area (Å²) in [6, 6.07) is 2.88. The van der Waals surface area contributed by atoms with Crippen LogP contribution in [0.15, 0.2) is 16.6 Å². The molecule has 0 fully saturated rings. The smallest absolute Gasteiger partial charge is 0.256 e. The highest BCUT2D eigenvalue weighted by atomic mass is 127. The molecule has 0 radical (unpaired) electrons. The second-order valence-electron chi connectivity index (χ2n) is 2.02. The molecule has 0 saturated heterocycles. The van der Waals surface area contributed by atoms with E-state index in [0.29, 0.717) is 8.04 Å². The lowest BCUT2D eigenvalue weighted by Crippen LogP contribution is -1.96. The fourth-order valence-electron chi connectivity index (χ4n) is 0.730.